The van der Waals surface area contributed by atoms with Crippen LogP contribution < -0.4 is 10.1 Å². The first-order chi connectivity index (χ1) is 18.5. The van der Waals surface area contributed by atoms with Crippen molar-refractivity contribution >= 4 is 35.0 Å². The van der Waals surface area contributed by atoms with E-state index in [1.807, 2.05) is 43.3 Å². The van der Waals surface area contributed by atoms with E-state index in [9.17, 15) is 19.2 Å². The lowest BCUT2D eigenvalue weighted by atomic mass is 10.1. The summed E-state index contributed by atoms with van der Waals surface area (Å²) in [6.45, 7) is 2.18. The van der Waals surface area contributed by atoms with Crippen molar-refractivity contribution in [3.8, 4) is 15.5 Å². The lowest BCUT2D eigenvalue weighted by Gasteiger charge is -2.28. The number of likely N-dealkylation sites (tertiary alicyclic amines) is 2. The maximum atomic E-state index is 13.5. The monoisotopic (exact) mass is 532 g/mol. The van der Waals surface area contributed by atoms with Crippen LogP contribution in [0.5, 0.6) is 5.06 Å². The summed E-state index contributed by atoms with van der Waals surface area (Å²) in [6.07, 6.45) is 2.34. The second-order valence-corrected chi connectivity index (χ2v) is 10.4. The Kier molecular flexibility index (Phi) is 7.50. The van der Waals surface area contributed by atoms with Crippen molar-refractivity contribution in [1.29, 1.82) is 0 Å². The average molecular weight is 533 g/mol. The molecule has 0 aliphatic carbocycles. The molecule has 0 spiro atoms. The second-order valence-electron chi connectivity index (χ2n) is 9.31. The third-order valence-corrected chi connectivity index (χ3v) is 7.86. The maximum absolute atomic E-state index is 13.5. The van der Waals surface area contributed by atoms with Crippen LogP contribution in [0.3, 0.4) is 0 Å². The van der Waals surface area contributed by atoms with Crippen LogP contribution in [0, 0.1) is 0 Å². The van der Waals surface area contributed by atoms with E-state index >= 15 is 0 Å². The standard InChI is InChI=1S/C28H28N4O5S/c1-2-8-20(30-28(36)37-24-13-12-23(38-24)18-9-4-3-5-10-18)27(35)31-16-14-21-25(31)22(33)17-32(21)26(34)19-11-6-7-15-29-19/h3-7,9-13,15,20-21,25H,2,8,14,16-17H2,1H3,(H,30,36). The molecule has 2 aliphatic rings. The van der Waals surface area contributed by atoms with Gasteiger partial charge in [0.15, 0.2) is 10.8 Å². The summed E-state index contributed by atoms with van der Waals surface area (Å²) >= 11 is 1.34. The van der Waals surface area contributed by atoms with Crippen molar-refractivity contribution in [2.24, 2.45) is 0 Å². The number of carbonyl (C=O) groups excluding carboxylic acids is 4. The van der Waals surface area contributed by atoms with Gasteiger partial charge in [0, 0.05) is 17.6 Å². The number of hydrogen-bond acceptors (Lipinski definition) is 7. The van der Waals surface area contributed by atoms with Crippen molar-refractivity contribution in [2.75, 3.05) is 13.1 Å². The minimum absolute atomic E-state index is 0.0649. The smallest absolute Gasteiger partial charge is 0.399 e. The normalized spacial score (nSPS) is 19.2. The number of nitrogens with zero attached hydrogens (tertiary/aromatic N) is 3. The predicted molar refractivity (Wildman–Crippen MR) is 142 cm³/mol. The van der Waals surface area contributed by atoms with Gasteiger partial charge in [-0.3, -0.25) is 19.4 Å². The molecule has 196 valence electrons. The van der Waals surface area contributed by atoms with Crippen molar-refractivity contribution in [3.05, 3.63) is 72.6 Å². The van der Waals surface area contributed by atoms with Gasteiger partial charge in [-0.1, -0.05) is 61.1 Å². The van der Waals surface area contributed by atoms with Gasteiger partial charge in [-0.05, 0) is 42.7 Å². The van der Waals surface area contributed by atoms with E-state index in [1.54, 1.807) is 24.3 Å². The molecule has 4 heterocycles. The van der Waals surface area contributed by atoms with Crippen LogP contribution >= 0.6 is 11.3 Å². The van der Waals surface area contributed by atoms with Gasteiger partial charge >= 0.3 is 6.09 Å². The Morgan fingerprint density at radius 2 is 1.87 bits per heavy atom. The number of thiophene rings is 1. The Labute approximate surface area is 224 Å². The van der Waals surface area contributed by atoms with Gasteiger partial charge in [0.05, 0.1) is 12.6 Å². The van der Waals surface area contributed by atoms with Crippen LogP contribution in [0.15, 0.2) is 66.9 Å². The largest absolute Gasteiger partial charge is 0.414 e. The number of Topliss-reactive ketones (excluding diaryl/α,β-unsaturated/α-hetero) is 1. The first kappa shape index (κ1) is 25.6. The zero-order chi connectivity index (χ0) is 26.6. The van der Waals surface area contributed by atoms with E-state index in [0.717, 1.165) is 10.4 Å². The Morgan fingerprint density at radius 1 is 1.08 bits per heavy atom. The van der Waals surface area contributed by atoms with Gasteiger partial charge in [-0.15, -0.1) is 0 Å². The number of ether oxygens (including phenoxy) is 1. The van der Waals surface area contributed by atoms with Crippen LogP contribution in [0.4, 0.5) is 4.79 Å². The van der Waals surface area contributed by atoms with Crippen LogP contribution in [-0.4, -0.2) is 69.7 Å². The van der Waals surface area contributed by atoms with Gasteiger partial charge in [-0.25, -0.2) is 4.79 Å². The number of amides is 3. The van der Waals surface area contributed by atoms with Crippen LogP contribution in [-0.2, 0) is 9.59 Å². The Bertz CT molecular complexity index is 1330. The van der Waals surface area contributed by atoms with Gasteiger partial charge < -0.3 is 19.9 Å². The predicted octanol–water partition coefficient (Wildman–Crippen LogP) is 3.76. The van der Waals surface area contributed by atoms with Crippen LogP contribution in [0.25, 0.3) is 10.4 Å². The number of fused-ring (bicyclic) bond motifs is 1. The molecule has 9 nitrogen and oxygen atoms in total. The summed E-state index contributed by atoms with van der Waals surface area (Å²) in [5, 5.41) is 3.12. The molecule has 2 aliphatic heterocycles. The van der Waals surface area contributed by atoms with Gasteiger partial charge in [0.1, 0.15) is 17.8 Å². The molecular weight excluding hydrogens is 504 g/mol. The van der Waals surface area contributed by atoms with Crippen molar-refractivity contribution in [1.82, 2.24) is 20.1 Å². The van der Waals surface area contributed by atoms with Crippen LogP contribution in [0.2, 0.25) is 0 Å². The Balaban J connectivity index is 1.24. The number of carbonyl (C=O) groups is 4. The Hall–Kier alpha value is -4.05. The minimum Gasteiger partial charge on any atom is -0.399 e. The molecule has 3 atom stereocenters. The minimum atomic E-state index is -0.840. The molecule has 3 aromatic rings. The third kappa shape index (κ3) is 5.17. The van der Waals surface area contributed by atoms with E-state index < -0.39 is 24.2 Å². The van der Waals surface area contributed by atoms with Gasteiger partial charge in [0.2, 0.25) is 5.91 Å². The zero-order valence-corrected chi connectivity index (χ0v) is 21.7. The number of hydrogen-bond donors (Lipinski definition) is 1. The topological polar surface area (TPSA) is 109 Å². The summed E-state index contributed by atoms with van der Waals surface area (Å²) in [7, 11) is 0. The summed E-state index contributed by atoms with van der Waals surface area (Å²) in [5.41, 5.74) is 1.29. The van der Waals surface area contributed by atoms with Crippen molar-refractivity contribution in [3.63, 3.8) is 0 Å². The molecular formula is C28H28N4O5S. The fraction of sp³-hybridized carbons (Fsp3) is 0.321. The molecule has 0 radical (unpaired) electrons. The van der Waals surface area contributed by atoms with Gasteiger partial charge in [0.25, 0.3) is 5.91 Å². The van der Waals surface area contributed by atoms with E-state index in [2.05, 4.69) is 10.3 Å². The van der Waals surface area contributed by atoms with E-state index in [-0.39, 0.29) is 29.8 Å². The highest BCUT2D eigenvalue weighted by atomic mass is 32.1. The molecule has 10 heteroatoms. The van der Waals surface area contributed by atoms with E-state index in [1.165, 1.54) is 27.3 Å². The first-order valence-corrected chi connectivity index (χ1v) is 13.5. The average Bonchev–Trinajstić information content (AvgIpc) is 3.66. The first-order valence-electron chi connectivity index (χ1n) is 12.6. The number of pyridine rings is 1. The molecule has 2 saturated heterocycles. The summed E-state index contributed by atoms with van der Waals surface area (Å²) < 4.78 is 5.48. The fourth-order valence-electron chi connectivity index (χ4n) is 5.12. The number of aromatic nitrogens is 1. The van der Waals surface area contributed by atoms with E-state index in [0.29, 0.717) is 30.9 Å². The molecule has 38 heavy (non-hydrogen) atoms. The quantitative estimate of drug-likeness (QED) is 0.496. The van der Waals surface area contributed by atoms with Crippen LogP contribution in [0.1, 0.15) is 36.7 Å². The number of ketones is 1. The highest BCUT2D eigenvalue weighted by Gasteiger charge is 2.52. The molecule has 1 aromatic carbocycles. The molecule has 0 bridgehead atoms. The lowest BCUT2D eigenvalue weighted by molar-refractivity contribution is -0.138. The highest BCUT2D eigenvalue weighted by molar-refractivity contribution is 7.17. The third-order valence-electron chi connectivity index (χ3n) is 6.85. The highest BCUT2D eigenvalue weighted by Crippen LogP contribution is 2.33. The summed E-state index contributed by atoms with van der Waals surface area (Å²) in [5.74, 6) is -0.846. The zero-order valence-electron chi connectivity index (χ0n) is 20.9. The molecule has 2 fully saturated rings. The number of nitrogens with one attached hydrogen (secondary N) is 1. The molecule has 3 unspecified atom stereocenters. The molecule has 0 saturated carbocycles. The van der Waals surface area contributed by atoms with Crippen molar-refractivity contribution < 1.29 is 23.9 Å². The summed E-state index contributed by atoms with van der Waals surface area (Å²) in [4.78, 5) is 60.3. The fourth-order valence-corrected chi connectivity index (χ4v) is 5.98. The number of rotatable bonds is 7. The van der Waals surface area contributed by atoms with E-state index in [4.69, 9.17) is 4.74 Å². The molecule has 5 rings (SSSR count). The number of benzene rings is 1. The van der Waals surface area contributed by atoms with Gasteiger partial charge in [-0.2, -0.15) is 0 Å². The maximum Gasteiger partial charge on any atom is 0.414 e. The second kappa shape index (κ2) is 11.1. The van der Waals surface area contributed by atoms with Crippen molar-refractivity contribution in [2.45, 2.75) is 44.3 Å². The Morgan fingerprint density at radius 3 is 2.61 bits per heavy atom. The molecule has 1 N–H and O–H groups in total. The molecule has 3 amide bonds. The molecule has 2 aromatic heterocycles. The summed E-state index contributed by atoms with van der Waals surface area (Å²) in [6, 6.07) is 16.5. The SMILES string of the molecule is CCCC(NC(=O)Oc1ccc(-c2ccccc2)s1)C(=O)N1CCC2C1C(=O)CN2C(=O)c1ccccn1. The lowest BCUT2D eigenvalue weighted by Crippen LogP contribution is -2.53.